The van der Waals surface area contributed by atoms with Gasteiger partial charge >= 0.3 is 0 Å². The fraction of sp³-hybridized carbons (Fsp3) is 0.333. The Morgan fingerprint density at radius 2 is 1.39 bits per heavy atom. The van der Waals surface area contributed by atoms with E-state index in [2.05, 4.69) is 5.32 Å². The van der Waals surface area contributed by atoms with Gasteiger partial charge in [-0.05, 0) is 36.1 Å². The molecule has 0 heterocycles. The SMILES string of the molecule is CCCNC(=O)C(Cc1ccccc1)N(Cc1ccccc1)C(=O)CCCN(C)S(=O)(=O)c1ccccc1. The normalized spacial score (nSPS) is 12.2. The predicted molar refractivity (Wildman–Crippen MR) is 150 cm³/mol. The van der Waals surface area contributed by atoms with Gasteiger partial charge in [0, 0.05) is 39.5 Å². The van der Waals surface area contributed by atoms with Crippen molar-refractivity contribution in [2.45, 2.75) is 50.1 Å². The maximum absolute atomic E-state index is 13.6. The molecule has 0 saturated carbocycles. The topological polar surface area (TPSA) is 86.8 Å². The zero-order valence-electron chi connectivity index (χ0n) is 22.1. The van der Waals surface area contributed by atoms with Crippen LogP contribution in [0.15, 0.2) is 95.9 Å². The Morgan fingerprint density at radius 1 is 0.842 bits per heavy atom. The zero-order chi connectivity index (χ0) is 27.4. The van der Waals surface area contributed by atoms with E-state index in [1.807, 2.05) is 67.6 Å². The summed E-state index contributed by atoms with van der Waals surface area (Å²) in [4.78, 5) is 28.8. The molecule has 0 bridgehead atoms. The van der Waals surface area contributed by atoms with Crippen molar-refractivity contribution in [3.8, 4) is 0 Å². The molecular formula is C30H37N3O4S. The summed E-state index contributed by atoms with van der Waals surface area (Å²) in [5, 5.41) is 2.97. The predicted octanol–water partition coefficient (Wildman–Crippen LogP) is 4.25. The first-order valence-electron chi connectivity index (χ1n) is 13.0. The van der Waals surface area contributed by atoms with Crippen LogP contribution < -0.4 is 5.32 Å². The Hall–Kier alpha value is -3.49. The number of amides is 2. The average molecular weight is 536 g/mol. The van der Waals surface area contributed by atoms with Crippen molar-refractivity contribution in [3.05, 3.63) is 102 Å². The highest BCUT2D eigenvalue weighted by Crippen LogP contribution is 2.18. The molecule has 1 N–H and O–H groups in total. The molecule has 0 radical (unpaired) electrons. The number of hydrogen-bond donors (Lipinski definition) is 1. The summed E-state index contributed by atoms with van der Waals surface area (Å²) in [6.07, 6.45) is 1.63. The fourth-order valence-corrected chi connectivity index (χ4v) is 5.42. The maximum Gasteiger partial charge on any atom is 0.243 e. The second-order valence-electron chi connectivity index (χ2n) is 9.25. The van der Waals surface area contributed by atoms with Crippen LogP contribution in [0.1, 0.15) is 37.3 Å². The first kappa shape index (κ1) is 29.1. The lowest BCUT2D eigenvalue weighted by atomic mass is 10.0. The van der Waals surface area contributed by atoms with Gasteiger partial charge in [0.1, 0.15) is 6.04 Å². The van der Waals surface area contributed by atoms with Crippen LogP contribution >= 0.6 is 0 Å². The van der Waals surface area contributed by atoms with Crippen molar-refractivity contribution < 1.29 is 18.0 Å². The summed E-state index contributed by atoms with van der Waals surface area (Å²) in [6.45, 7) is 2.99. The van der Waals surface area contributed by atoms with E-state index in [-0.39, 0.29) is 36.2 Å². The van der Waals surface area contributed by atoms with Gasteiger partial charge in [-0.1, -0.05) is 85.8 Å². The molecule has 1 atom stereocenters. The van der Waals surface area contributed by atoms with Crippen LogP contribution in [0.25, 0.3) is 0 Å². The van der Waals surface area contributed by atoms with Crippen LogP contribution in [0.4, 0.5) is 0 Å². The molecule has 1 unspecified atom stereocenters. The molecule has 38 heavy (non-hydrogen) atoms. The Bertz CT molecular complexity index is 1250. The van der Waals surface area contributed by atoms with E-state index in [1.165, 1.54) is 11.4 Å². The lowest BCUT2D eigenvalue weighted by molar-refractivity contribution is -0.141. The maximum atomic E-state index is 13.6. The second-order valence-corrected chi connectivity index (χ2v) is 11.3. The largest absolute Gasteiger partial charge is 0.354 e. The van der Waals surface area contributed by atoms with Crippen molar-refractivity contribution in [2.75, 3.05) is 20.1 Å². The van der Waals surface area contributed by atoms with Gasteiger partial charge in [-0.25, -0.2) is 12.7 Å². The third-order valence-electron chi connectivity index (χ3n) is 6.33. The average Bonchev–Trinajstić information content (AvgIpc) is 2.95. The van der Waals surface area contributed by atoms with Gasteiger partial charge in [0.05, 0.1) is 4.90 Å². The van der Waals surface area contributed by atoms with Crippen LogP contribution in [0.5, 0.6) is 0 Å². The molecular weight excluding hydrogens is 498 g/mol. The van der Waals surface area contributed by atoms with Crippen LogP contribution in [0.3, 0.4) is 0 Å². The van der Waals surface area contributed by atoms with E-state index in [9.17, 15) is 18.0 Å². The van der Waals surface area contributed by atoms with Gasteiger partial charge in [-0.2, -0.15) is 0 Å². The number of sulfonamides is 1. The second kappa shape index (κ2) is 14.4. The first-order chi connectivity index (χ1) is 18.3. The van der Waals surface area contributed by atoms with Crippen LogP contribution in [-0.4, -0.2) is 55.6 Å². The minimum atomic E-state index is -3.64. The minimum Gasteiger partial charge on any atom is -0.354 e. The smallest absolute Gasteiger partial charge is 0.243 e. The van der Waals surface area contributed by atoms with Gasteiger partial charge in [0.25, 0.3) is 0 Å². The number of hydrogen-bond acceptors (Lipinski definition) is 4. The van der Waals surface area contributed by atoms with E-state index in [4.69, 9.17) is 0 Å². The quantitative estimate of drug-likeness (QED) is 0.334. The summed E-state index contributed by atoms with van der Waals surface area (Å²) >= 11 is 0. The number of nitrogens with one attached hydrogen (secondary N) is 1. The molecule has 0 aromatic heterocycles. The summed E-state index contributed by atoms with van der Waals surface area (Å²) < 4.78 is 27.0. The molecule has 0 aliphatic carbocycles. The summed E-state index contributed by atoms with van der Waals surface area (Å²) in [5.41, 5.74) is 1.88. The third-order valence-corrected chi connectivity index (χ3v) is 8.20. The van der Waals surface area contributed by atoms with E-state index in [0.717, 1.165) is 17.5 Å². The molecule has 7 nitrogen and oxygen atoms in total. The molecule has 3 aromatic carbocycles. The van der Waals surface area contributed by atoms with Crippen molar-refractivity contribution in [1.82, 2.24) is 14.5 Å². The standard InChI is InChI=1S/C30H37N3O4S/c1-3-21-31-30(35)28(23-25-14-7-4-8-15-25)33(24-26-16-9-5-10-17-26)29(34)20-13-22-32(2)38(36,37)27-18-11-6-12-19-27/h4-12,14-19,28H,3,13,20-24H2,1-2H3,(H,31,35). The Morgan fingerprint density at radius 3 is 1.97 bits per heavy atom. The van der Waals surface area contributed by atoms with Crippen LogP contribution in [0, 0.1) is 0 Å². The number of nitrogens with zero attached hydrogens (tertiary/aromatic N) is 2. The Labute approximate surface area is 226 Å². The first-order valence-corrected chi connectivity index (χ1v) is 14.4. The molecule has 0 saturated heterocycles. The highest BCUT2D eigenvalue weighted by atomic mass is 32.2. The molecule has 3 aromatic rings. The molecule has 0 aliphatic heterocycles. The number of carbonyl (C=O) groups excluding carboxylic acids is 2. The zero-order valence-corrected chi connectivity index (χ0v) is 22.9. The van der Waals surface area contributed by atoms with E-state index >= 15 is 0 Å². The lowest BCUT2D eigenvalue weighted by Crippen LogP contribution is -2.50. The molecule has 0 fully saturated rings. The highest BCUT2D eigenvalue weighted by Gasteiger charge is 2.30. The molecule has 8 heteroatoms. The summed E-state index contributed by atoms with van der Waals surface area (Å²) in [7, 11) is -2.12. The molecule has 2 amide bonds. The van der Waals surface area contributed by atoms with Gasteiger partial charge in [0.2, 0.25) is 21.8 Å². The summed E-state index contributed by atoms with van der Waals surface area (Å²) in [5.74, 6) is -0.379. The molecule has 202 valence electrons. The van der Waals surface area contributed by atoms with Gasteiger partial charge in [-0.3, -0.25) is 9.59 Å². The van der Waals surface area contributed by atoms with E-state index in [0.29, 0.717) is 19.4 Å². The summed E-state index contributed by atoms with van der Waals surface area (Å²) in [6, 6.07) is 26.8. The molecule has 0 aliphatic rings. The van der Waals surface area contributed by atoms with E-state index < -0.39 is 16.1 Å². The number of rotatable bonds is 14. The lowest BCUT2D eigenvalue weighted by Gasteiger charge is -2.32. The monoisotopic (exact) mass is 535 g/mol. The van der Waals surface area contributed by atoms with Crippen molar-refractivity contribution in [3.63, 3.8) is 0 Å². The van der Waals surface area contributed by atoms with Gasteiger partial charge < -0.3 is 10.2 Å². The van der Waals surface area contributed by atoms with Crippen LogP contribution in [0.2, 0.25) is 0 Å². The molecule has 3 rings (SSSR count). The van der Waals surface area contributed by atoms with Gasteiger partial charge in [0.15, 0.2) is 0 Å². The molecule has 0 spiro atoms. The number of carbonyl (C=O) groups is 2. The van der Waals surface area contributed by atoms with Crippen molar-refractivity contribution >= 4 is 21.8 Å². The minimum absolute atomic E-state index is 0.119. The Balaban J connectivity index is 1.78. The fourth-order valence-electron chi connectivity index (χ4n) is 4.19. The third kappa shape index (κ3) is 8.26. The number of benzene rings is 3. The van der Waals surface area contributed by atoms with Crippen molar-refractivity contribution in [1.29, 1.82) is 0 Å². The van der Waals surface area contributed by atoms with Crippen molar-refractivity contribution in [2.24, 2.45) is 0 Å². The van der Waals surface area contributed by atoms with E-state index in [1.54, 1.807) is 35.2 Å². The Kier molecular flexibility index (Phi) is 11.1. The highest BCUT2D eigenvalue weighted by molar-refractivity contribution is 7.89. The van der Waals surface area contributed by atoms with Crippen LogP contribution in [-0.2, 0) is 32.6 Å². The van der Waals surface area contributed by atoms with Gasteiger partial charge in [-0.15, -0.1) is 0 Å².